The number of alkyl halides is 1. The molecular weight excluding hydrogens is 1110 g/mol. The normalized spacial score (nSPS) is 19.5. The number of aryl methyl sites for hydroxylation is 1. The topological polar surface area (TPSA) is 49.1 Å². The maximum atomic E-state index is 14.0. The summed E-state index contributed by atoms with van der Waals surface area (Å²) in [4.78, 5) is 4.66. The minimum atomic E-state index is -0.788. The highest BCUT2D eigenvalue weighted by Crippen LogP contribution is 2.43. The molecule has 5 nitrogen and oxygen atoms in total. The molecule has 0 saturated carbocycles. The van der Waals surface area contributed by atoms with E-state index in [1.807, 2.05) is 37.9 Å². The van der Waals surface area contributed by atoms with Crippen LogP contribution in [0.25, 0.3) is 0 Å². The lowest BCUT2D eigenvalue weighted by Gasteiger charge is -2.29. The van der Waals surface area contributed by atoms with Crippen molar-refractivity contribution in [3.05, 3.63) is 239 Å². The summed E-state index contributed by atoms with van der Waals surface area (Å²) >= 11 is 1.93. The van der Waals surface area contributed by atoms with Gasteiger partial charge in [0, 0.05) is 67.6 Å². The standard InChI is InChI=1S/C16H24FN.C14H21N.C14H16O.2C13H20O.C12H18S/c1-11(2)14-10-18(4)16(12(3)17)15(14)13-8-6-5-7-9-13;1-11(2)13-9-15(3)10-14(13)12-7-5-4-6-8-12;1-11(2)14(13-8-9-15-10-13)12-6-4-3-5-7-12;1-9(2)13(11(4)14)12-7-5-10(3)6-8-12;1-4-14-10-13(11(2)3)12-8-6-5-7-9-12;1-10(2)12(9-13-3)11-7-5-4-6-8-11/h5-9,11-12,14-16H,10H2,1-4H3;4-8,11,13-14H,9-10H2,1-3H3;3-11,14H,1-2H3;5-9,11,13-14H,1-4H3;5-9,11,13H,4,10H2,1-3H3;4-8,10,12H,9H2,1-3H3. The molecular formula is C82H119FN2O3S. The molecule has 0 spiro atoms. The molecule has 1 aromatic heterocycles. The molecule has 2 aliphatic heterocycles. The minimum absolute atomic E-state index is 0.0137. The molecule has 2 aliphatic rings. The van der Waals surface area contributed by atoms with Gasteiger partial charge in [0.25, 0.3) is 0 Å². The number of furan rings is 1. The van der Waals surface area contributed by atoms with Crippen molar-refractivity contribution in [1.29, 1.82) is 0 Å². The monoisotopic (exact) mass is 1230 g/mol. The summed E-state index contributed by atoms with van der Waals surface area (Å²) in [6.45, 7) is 39.8. The lowest BCUT2D eigenvalue weighted by molar-refractivity contribution is 0.120. The molecule has 0 bridgehead atoms. The average Bonchev–Trinajstić information content (AvgIpc) is 1.90. The van der Waals surface area contributed by atoms with Crippen molar-refractivity contribution in [1.82, 2.24) is 9.80 Å². The fourth-order valence-corrected chi connectivity index (χ4v) is 14.4. The van der Waals surface area contributed by atoms with Gasteiger partial charge in [-0.1, -0.05) is 265 Å². The van der Waals surface area contributed by atoms with E-state index >= 15 is 0 Å². The van der Waals surface area contributed by atoms with Gasteiger partial charge in [0.05, 0.1) is 25.2 Å². The van der Waals surface area contributed by atoms with E-state index in [2.05, 4.69) is 296 Å². The molecule has 89 heavy (non-hydrogen) atoms. The van der Waals surface area contributed by atoms with Gasteiger partial charge < -0.3 is 19.2 Å². The molecule has 3 heterocycles. The van der Waals surface area contributed by atoms with Crippen LogP contribution in [-0.2, 0) is 4.74 Å². The molecule has 11 atom stereocenters. The zero-order chi connectivity index (χ0) is 65.6. The number of aliphatic hydroxyl groups excluding tert-OH is 1. The van der Waals surface area contributed by atoms with E-state index in [1.165, 1.54) is 63.3 Å². The first-order valence-corrected chi connectivity index (χ1v) is 35.0. The van der Waals surface area contributed by atoms with Crippen LogP contribution in [0.1, 0.15) is 184 Å². The number of thioether (sulfide) groups is 1. The minimum Gasteiger partial charge on any atom is -0.472 e. The predicted octanol–water partition coefficient (Wildman–Crippen LogP) is 21.1. The van der Waals surface area contributed by atoms with E-state index in [4.69, 9.17) is 9.15 Å². The second kappa shape index (κ2) is 40.5. The average molecular weight is 1230 g/mol. The number of hydrogen-bond acceptors (Lipinski definition) is 6. The number of halogens is 1. The lowest BCUT2D eigenvalue weighted by atomic mass is 9.77. The number of aliphatic hydroxyl groups is 1. The number of likely N-dealkylation sites (tertiary alicyclic amines) is 2. The van der Waals surface area contributed by atoms with Crippen LogP contribution in [0.15, 0.2) is 199 Å². The quantitative estimate of drug-likeness (QED) is 0.0821. The number of nitrogens with zero attached hydrogens (tertiary/aromatic N) is 2. The molecule has 0 radical (unpaired) electrons. The van der Waals surface area contributed by atoms with Gasteiger partial charge >= 0.3 is 0 Å². The Hall–Kier alpha value is -5.28. The predicted molar refractivity (Wildman–Crippen MR) is 385 cm³/mol. The van der Waals surface area contributed by atoms with Crippen LogP contribution < -0.4 is 0 Å². The molecule has 0 amide bonds. The molecule has 6 aromatic carbocycles. The molecule has 7 aromatic rings. The molecule has 2 fully saturated rings. The van der Waals surface area contributed by atoms with Gasteiger partial charge in [-0.05, 0) is 146 Å². The summed E-state index contributed by atoms with van der Waals surface area (Å²) in [7, 11) is 4.29. The van der Waals surface area contributed by atoms with E-state index in [0.29, 0.717) is 53.3 Å². The summed E-state index contributed by atoms with van der Waals surface area (Å²) in [5.74, 6) is 9.31. The Morgan fingerprint density at radius 1 is 0.528 bits per heavy atom. The fraction of sp³-hybridized carbons (Fsp3) is 0.512. The van der Waals surface area contributed by atoms with Crippen molar-refractivity contribution in [2.75, 3.05) is 59.0 Å². The Morgan fingerprint density at radius 2 is 1.00 bits per heavy atom. The molecule has 1 N–H and O–H groups in total. The number of rotatable bonds is 20. The third-order valence-corrected chi connectivity index (χ3v) is 19.0. The second-order valence-electron chi connectivity index (χ2n) is 27.3. The summed E-state index contributed by atoms with van der Waals surface area (Å²) in [6.07, 6.45) is 4.70. The maximum absolute atomic E-state index is 14.0. The fourth-order valence-electron chi connectivity index (χ4n) is 13.5. The zero-order valence-electron chi connectivity index (χ0n) is 58.5. The van der Waals surface area contributed by atoms with Gasteiger partial charge in [0.2, 0.25) is 0 Å². The van der Waals surface area contributed by atoms with Crippen LogP contribution in [0.2, 0.25) is 0 Å². The molecule has 11 unspecified atom stereocenters. The van der Waals surface area contributed by atoms with Gasteiger partial charge in [-0.2, -0.15) is 11.8 Å². The highest BCUT2D eigenvalue weighted by molar-refractivity contribution is 7.98. The van der Waals surface area contributed by atoms with Gasteiger partial charge in [0.15, 0.2) is 0 Å². The van der Waals surface area contributed by atoms with Gasteiger partial charge in [-0.3, -0.25) is 4.90 Å². The first-order chi connectivity index (χ1) is 42.5. The number of likely N-dealkylation sites (N-methyl/N-ethyl adjacent to an activating group) is 2. The van der Waals surface area contributed by atoms with Crippen LogP contribution in [0.5, 0.6) is 0 Å². The Morgan fingerprint density at radius 3 is 1.40 bits per heavy atom. The molecule has 9 rings (SSSR count). The Labute approximate surface area is 547 Å². The van der Waals surface area contributed by atoms with Crippen molar-refractivity contribution in [3.8, 4) is 0 Å². The highest BCUT2D eigenvalue weighted by atomic mass is 32.2. The highest BCUT2D eigenvalue weighted by Gasteiger charge is 2.44. The maximum Gasteiger partial charge on any atom is 0.113 e. The summed E-state index contributed by atoms with van der Waals surface area (Å²) < 4.78 is 24.7. The van der Waals surface area contributed by atoms with E-state index < -0.39 is 6.17 Å². The number of hydrogen-bond donors (Lipinski definition) is 1. The summed E-state index contributed by atoms with van der Waals surface area (Å²) in [6, 6.07) is 63.9. The smallest absolute Gasteiger partial charge is 0.113 e. The van der Waals surface area contributed by atoms with Crippen LogP contribution >= 0.6 is 11.8 Å². The van der Waals surface area contributed by atoms with Crippen LogP contribution in [0.3, 0.4) is 0 Å². The molecule has 488 valence electrons. The van der Waals surface area contributed by atoms with Gasteiger partial charge in [-0.15, -0.1) is 0 Å². The van der Waals surface area contributed by atoms with Crippen molar-refractivity contribution >= 4 is 11.8 Å². The van der Waals surface area contributed by atoms with E-state index in [9.17, 15) is 9.50 Å². The first-order valence-electron chi connectivity index (χ1n) is 33.6. The summed E-state index contributed by atoms with van der Waals surface area (Å²) in [5, 5.41) is 9.71. The van der Waals surface area contributed by atoms with Crippen molar-refractivity contribution < 1.29 is 18.7 Å². The second-order valence-corrected chi connectivity index (χ2v) is 28.3. The Bertz CT molecular complexity index is 2820. The third kappa shape index (κ3) is 25.0. The molecule has 0 aliphatic carbocycles. The Kier molecular flexibility index (Phi) is 34.7. The van der Waals surface area contributed by atoms with Crippen molar-refractivity contribution in [2.45, 2.75) is 165 Å². The van der Waals surface area contributed by atoms with E-state index in [0.717, 1.165) is 43.4 Å². The van der Waals surface area contributed by atoms with Crippen LogP contribution in [0.4, 0.5) is 4.39 Å². The lowest BCUT2D eigenvalue weighted by Crippen LogP contribution is -2.36. The molecule has 2 saturated heterocycles. The summed E-state index contributed by atoms with van der Waals surface area (Å²) in [5.41, 5.74) is 10.8. The first kappa shape index (κ1) is 76.2. The van der Waals surface area contributed by atoms with E-state index in [-0.39, 0.29) is 18.1 Å². The van der Waals surface area contributed by atoms with Gasteiger partial charge in [-0.25, -0.2) is 4.39 Å². The van der Waals surface area contributed by atoms with Crippen molar-refractivity contribution in [3.63, 3.8) is 0 Å². The Balaban J connectivity index is 0.000000229. The van der Waals surface area contributed by atoms with E-state index in [1.54, 1.807) is 13.2 Å². The zero-order valence-corrected chi connectivity index (χ0v) is 59.3. The van der Waals surface area contributed by atoms with Crippen LogP contribution in [-0.4, -0.2) is 92.2 Å². The number of ether oxygens (including phenoxy) is 1. The SMILES string of the molecule is CC(C)C(c1ccccc1)c1ccoc1.CC(C)C1CN(C)C(C(C)F)C1c1ccccc1.CC(C)C1CN(C)CC1c1ccccc1.CCOCC(c1ccccc1)C(C)C.CSCC(c1ccccc1)C(C)C.Cc1ccc(C(C(C)C)C(C)O)cc1. The van der Waals surface area contributed by atoms with Gasteiger partial charge in [0.1, 0.15) is 6.17 Å². The largest absolute Gasteiger partial charge is 0.472 e. The molecule has 7 heteroatoms. The van der Waals surface area contributed by atoms with Crippen molar-refractivity contribution in [2.24, 2.45) is 47.3 Å². The van der Waals surface area contributed by atoms with Crippen LogP contribution in [0, 0.1) is 54.3 Å². The number of benzene rings is 6. The third-order valence-electron chi connectivity index (χ3n) is 18.3.